The Balaban J connectivity index is 2.70. The number of hydrogen-bond acceptors (Lipinski definition) is 1. The fraction of sp³-hybridized carbons (Fsp3) is 0.364. The number of hydrogen-bond donors (Lipinski definition) is 1. The molecule has 2 radical (unpaired) electrons. The standard InChI is InChI=1S/C11H15NOSi/c1-8(2)10(11(12)13)14-9-6-4-3-5-7-9/h3-8,10H,1-2H3,(H2,12,13). The van der Waals surface area contributed by atoms with E-state index in [2.05, 4.69) is 0 Å². The smallest absolute Gasteiger partial charge is 0.217 e. The molecule has 0 aliphatic carbocycles. The Morgan fingerprint density at radius 3 is 2.29 bits per heavy atom. The summed E-state index contributed by atoms with van der Waals surface area (Å²) in [7, 11) is 0.482. The fourth-order valence-electron chi connectivity index (χ4n) is 1.28. The van der Waals surface area contributed by atoms with Crippen LogP contribution in [0.3, 0.4) is 0 Å². The molecule has 14 heavy (non-hydrogen) atoms. The number of primary amides is 1. The lowest BCUT2D eigenvalue weighted by Crippen LogP contribution is -2.32. The van der Waals surface area contributed by atoms with Crippen LogP contribution in [0.1, 0.15) is 13.8 Å². The lowest BCUT2D eigenvalue weighted by Gasteiger charge is -2.15. The van der Waals surface area contributed by atoms with E-state index in [4.69, 9.17) is 5.73 Å². The predicted octanol–water partition coefficient (Wildman–Crippen LogP) is 0.946. The highest BCUT2D eigenvalue weighted by Crippen LogP contribution is 2.14. The fourth-order valence-corrected chi connectivity index (χ4v) is 2.50. The van der Waals surface area contributed by atoms with Gasteiger partial charge in [0, 0.05) is 5.54 Å². The van der Waals surface area contributed by atoms with Crippen molar-refractivity contribution in [1.29, 1.82) is 0 Å². The molecular formula is C11H15NOSi. The van der Waals surface area contributed by atoms with Gasteiger partial charge in [0.05, 0.1) is 9.52 Å². The van der Waals surface area contributed by atoms with Gasteiger partial charge < -0.3 is 5.73 Å². The van der Waals surface area contributed by atoms with Crippen LogP contribution in [0.5, 0.6) is 0 Å². The van der Waals surface area contributed by atoms with Crippen LogP contribution in [0, 0.1) is 5.92 Å². The molecule has 0 heterocycles. The van der Waals surface area contributed by atoms with Crippen molar-refractivity contribution in [2.75, 3.05) is 0 Å². The minimum absolute atomic E-state index is 0.0302. The molecule has 1 unspecified atom stereocenters. The van der Waals surface area contributed by atoms with E-state index in [9.17, 15) is 4.79 Å². The van der Waals surface area contributed by atoms with E-state index in [1.54, 1.807) is 0 Å². The van der Waals surface area contributed by atoms with Crippen LogP contribution < -0.4 is 10.9 Å². The molecule has 1 aromatic rings. The van der Waals surface area contributed by atoms with E-state index in [-0.39, 0.29) is 11.4 Å². The van der Waals surface area contributed by atoms with Gasteiger partial charge in [0.1, 0.15) is 0 Å². The van der Waals surface area contributed by atoms with Crippen molar-refractivity contribution < 1.29 is 4.79 Å². The van der Waals surface area contributed by atoms with Crippen LogP contribution in [-0.2, 0) is 4.79 Å². The minimum Gasteiger partial charge on any atom is -0.370 e. The van der Waals surface area contributed by atoms with Crippen LogP contribution in [-0.4, -0.2) is 15.4 Å². The van der Waals surface area contributed by atoms with E-state index in [1.165, 1.54) is 5.19 Å². The second-order valence-electron chi connectivity index (χ2n) is 3.63. The maximum Gasteiger partial charge on any atom is 0.217 e. The summed E-state index contributed by atoms with van der Waals surface area (Å²) in [4.78, 5) is 11.2. The molecule has 1 amide bonds. The van der Waals surface area contributed by atoms with Crippen molar-refractivity contribution in [3.8, 4) is 0 Å². The van der Waals surface area contributed by atoms with E-state index in [1.807, 2.05) is 44.2 Å². The first kappa shape index (κ1) is 11.0. The zero-order chi connectivity index (χ0) is 10.6. The molecule has 0 saturated carbocycles. The summed E-state index contributed by atoms with van der Waals surface area (Å²) < 4.78 is 0. The zero-order valence-corrected chi connectivity index (χ0v) is 9.53. The average molecular weight is 205 g/mol. The van der Waals surface area contributed by atoms with Gasteiger partial charge in [-0.25, -0.2) is 0 Å². The van der Waals surface area contributed by atoms with Gasteiger partial charge in [-0.05, 0) is 5.92 Å². The lowest BCUT2D eigenvalue weighted by atomic mass is 10.1. The molecule has 0 aliphatic rings. The van der Waals surface area contributed by atoms with Crippen LogP contribution in [0.4, 0.5) is 0 Å². The number of carbonyl (C=O) groups excluding carboxylic acids is 1. The number of amides is 1. The van der Waals surface area contributed by atoms with E-state index in [0.717, 1.165) is 0 Å². The zero-order valence-electron chi connectivity index (χ0n) is 8.53. The summed E-state index contributed by atoms with van der Waals surface area (Å²) in [5.74, 6) is 0.119. The van der Waals surface area contributed by atoms with Crippen molar-refractivity contribution in [2.24, 2.45) is 11.7 Å². The second-order valence-corrected chi connectivity index (χ2v) is 5.12. The van der Waals surface area contributed by atoms with Gasteiger partial charge in [-0.15, -0.1) is 0 Å². The van der Waals surface area contributed by atoms with Crippen LogP contribution >= 0.6 is 0 Å². The quantitative estimate of drug-likeness (QED) is 0.731. The first-order valence-corrected chi connectivity index (χ1v) is 5.80. The normalized spacial score (nSPS) is 12.8. The summed E-state index contributed by atoms with van der Waals surface area (Å²) in [6.45, 7) is 4.07. The summed E-state index contributed by atoms with van der Waals surface area (Å²) >= 11 is 0. The van der Waals surface area contributed by atoms with E-state index in [0.29, 0.717) is 15.4 Å². The van der Waals surface area contributed by atoms with Gasteiger partial charge in [-0.1, -0.05) is 49.4 Å². The van der Waals surface area contributed by atoms with Crippen molar-refractivity contribution >= 4 is 20.6 Å². The molecular weight excluding hydrogens is 190 g/mol. The van der Waals surface area contributed by atoms with Crippen molar-refractivity contribution in [3.05, 3.63) is 30.3 Å². The molecule has 0 fully saturated rings. The topological polar surface area (TPSA) is 43.1 Å². The highest BCUT2D eigenvalue weighted by atomic mass is 28.2. The Morgan fingerprint density at radius 2 is 1.86 bits per heavy atom. The molecule has 0 bridgehead atoms. The maximum atomic E-state index is 11.2. The SMILES string of the molecule is CC(C)C([Si]c1ccccc1)C(N)=O. The molecule has 1 atom stereocenters. The second kappa shape index (κ2) is 4.96. The van der Waals surface area contributed by atoms with Gasteiger partial charge in [0.25, 0.3) is 0 Å². The number of nitrogens with two attached hydrogens (primary N) is 1. The Bertz CT molecular complexity index is 297. The number of rotatable bonds is 4. The third kappa shape index (κ3) is 2.99. The minimum atomic E-state index is -0.192. The van der Waals surface area contributed by atoms with Crippen LogP contribution in [0.15, 0.2) is 30.3 Å². The van der Waals surface area contributed by atoms with Gasteiger partial charge in [-0.3, -0.25) is 4.79 Å². The maximum absolute atomic E-state index is 11.2. The van der Waals surface area contributed by atoms with Crippen molar-refractivity contribution in [1.82, 2.24) is 0 Å². The highest BCUT2D eigenvalue weighted by Gasteiger charge is 2.20. The molecule has 0 spiro atoms. The Labute approximate surface area is 87.3 Å². The molecule has 0 aromatic heterocycles. The molecule has 1 rings (SSSR count). The first-order chi connectivity index (χ1) is 6.61. The number of benzene rings is 1. The Kier molecular flexibility index (Phi) is 3.89. The summed E-state index contributed by atoms with van der Waals surface area (Å²) in [5, 5.41) is 1.20. The molecule has 3 heteroatoms. The molecule has 74 valence electrons. The van der Waals surface area contributed by atoms with Gasteiger partial charge in [0.2, 0.25) is 5.91 Å². The van der Waals surface area contributed by atoms with Crippen LogP contribution in [0.2, 0.25) is 5.54 Å². The molecule has 1 aromatic carbocycles. The first-order valence-electron chi connectivity index (χ1n) is 4.72. The molecule has 2 N–H and O–H groups in total. The van der Waals surface area contributed by atoms with Gasteiger partial charge >= 0.3 is 0 Å². The Hall–Kier alpha value is -1.09. The molecule has 0 aliphatic heterocycles. The predicted molar refractivity (Wildman–Crippen MR) is 59.6 cm³/mol. The monoisotopic (exact) mass is 205 g/mol. The van der Waals surface area contributed by atoms with Crippen molar-refractivity contribution in [2.45, 2.75) is 19.4 Å². The third-order valence-corrected chi connectivity index (χ3v) is 4.00. The van der Waals surface area contributed by atoms with Crippen molar-refractivity contribution in [3.63, 3.8) is 0 Å². The molecule has 2 nitrogen and oxygen atoms in total. The summed E-state index contributed by atoms with van der Waals surface area (Å²) in [5.41, 5.74) is 5.32. The lowest BCUT2D eigenvalue weighted by molar-refractivity contribution is -0.118. The van der Waals surface area contributed by atoms with Gasteiger partial charge in [-0.2, -0.15) is 0 Å². The van der Waals surface area contributed by atoms with E-state index < -0.39 is 0 Å². The molecule has 0 saturated heterocycles. The summed E-state index contributed by atoms with van der Waals surface area (Å²) in [6, 6.07) is 10.0. The van der Waals surface area contributed by atoms with Crippen LogP contribution in [0.25, 0.3) is 0 Å². The number of carbonyl (C=O) groups is 1. The average Bonchev–Trinajstić information content (AvgIpc) is 2.15. The third-order valence-electron chi connectivity index (χ3n) is 2.07. The highest BCUT2D eigenvalue weighted by molar-refractivity contribution is 6.59. The largest absolute Gasteiger partial charge is 0.370 e. The van der Waals surface area contributed by atoms with E-state index >= 15 is 0 Å². The van der Waals surface area contributed by atoms with Gasteiger partial charge in [0.15, 0.2) is 0 Å². The summed E-state index contributed by atoms with van der Waals surface area (Å²) in [6.07, 6.45) is 0. The Morgan fingerprint density at radius 1 is 1.29 bits per heavy atom.